The van der Waals surface area contributed by atoms with Gasteiger partial charge in [0, 0.05) is 6.07 Å². The van der Waals surface area contributed by atoms with Crippen LogP contribution in [0.4, 0.5) is 17.1 Å². The van der Waals surface area contributed by atoms with Crippen molar-refractivity contribution in [3.05, 3.63) is 62.7 Å². The van der Waals surface area contributed by atoms with Crippen molar-refractivity contribution in [3.8, 4) is 0 Å². The van der Waals surface area contributed by atoms with Gasteiger partial charge in [0.25, 0.3) is 11.6 Å². The summed E-state index contributed by atoms with van der Waals surface area (Å²) in [4.78, 5) is 22.4. The van der Waals surface area contributed by atoms with Gasteiger partial charge in [0.2, 0.25) is 0 Å². The SMILES string of the molecule is Cc1cccc(Cl)c1NC(=O)c1cccc([N+](=O)[O-])c1N. The van der Waals surface area contributed by atoms with E-state index in [2.05, 4.69) is 5.32 Å². The number of amides is 1. The van der Waals surface area contributed by atoms with E-state index in [1.54, 1.807) is 25.1 Å². The lowest BCUT2D eigenvalue weighted by Gasteiger charge is -2.11. The highest BCUT2D eigenvalue weighted by molar-refractivity contribution is 6.34. The molecule has 0 saturated carbocycles. The van der Waals surface area contributed by atoms with Crippen molar-refractivity contribution in [1.82, 2.24) is 0 Å². The zero-order chi connectivity index (χ0) is 15.6. The average Bonchev–Trinajstić information content (AvgIpc) is 2.42. The maximum absolute atomic E-state index is 12.2. The summed E-state index contributed by atoms with van der Waals surface area (Å²) in [5.74, 6) is -0.549. The summed E-state index contributed by atoms with van der Waals surface area (Å²) in [5.41, 5.74) is 6.46. The van der Waals surface area contributed by atoms with Crippen LogP contribution in [0.3, 0.4) is 0 Å². The van der Waals surface area contributed by atoms with Gasteiger partial charge in [-0.15, -0.1) is 0 Å². The number of rotatable bonds is 3. The molecule has 21 heavy (non-hydrogen) atoms. The van der Waals surface area contributed by atoms with Crippen molar-refractivity contribution in [2.24, 2.45) is 0 Å². The molecule has 108 valence electrons. The van der Waals surface area contributed by atoms with Crippen molar-refractivity contribution < 1.29 is 9.72 Å². The Morgan fingerprint density at radius 2 is 1.95 bits per heavy atom. The van der Waals surface area contributed by atoms with E-state index in [0.717, 1.165) is 5.56 Å². The Kier molecular flexibility index (Phi) is 4.09. The number of hydrogen-bond donors (Lipinski definition) is 2. The minimum atomic E-state index is -0.632. The molecule has 2 rings (SSSR count). The van der Waals surface area contributed by atoms with Crippen LogP contribution in [0.1, 0.15) is 15.9 Å². The van der Waals surface area contributed by atoms with Gasteiger partial charge in [-0.25, -0.2) is 0 Å². The smallest absolute Gasteiger partial charge is 0.292 e. The second-order valence-corrected chi connectivity index (χ2v) is 4.79. The molecule has 2 aromatic carbocycles. The monoisotopic (exact) mass is 305 g/mol. The van der Waals surface area contributed by atoms with Crippen LogP contribution in [-0.2, 0) is 0 Å². The summed E-state index contributed by atoms with van der Waals surface area (Å²) in [6.45, 7) is 1.79. The Hall–Kier alpha value is -2.60. The number of nitro groups is 1. The predicted molar refractivity (Wildman–Crippen MR) is 81.7 cm³/mol. The number of benzene rings is 2. The molecule has 0 bridgehead atoms. The van der Waals surface area contributed by atoms with E-state index in [-0.39, 0.29) is 16.9 Å². The Bertz CT molecular complexity index is 711. The molecular formula is C14H12ClN3O3. The first kappa shape index (κ1) is 14.8. The zero-order valence-electron chi connectivity index (χ0n) is 11.1. The van der Waals surface area contributed by atoms with Crippen LogP contribution in [0.2, 0.25) is 5.02 Å². The number of nitrogens with two attached hydrogens (primary N) is 1. The number of nitrogens with zero attached hydrogens (tertiary/aromatic N) is 1. The van der Waals surface area contributed by atoms with E-state index >= 15 is 0 Å². The highest BCUT2D eigenvalue weighted by Gasteiger charge is 2.20. The third-order valence-electron chi connectivity index (χ3n) is 2.98. The van der Waals surface area contributed by atoms with Crippen LogP contribution in [0.15, 0.2) is 36.4 Å². The molecule has 0 radical (unpaired) electrons. The summed E-state index contributed by atoms with van der Waals surface area (Å²) in [6.07, 6.45) is 0. The Balaban J connectivity index is 2.38. The second kappa shape index (κ2) is 5.80. The summed E-state index contributed by atoms with van der Waals surface area (Å²) >= 11 is 6.03. The van der Waals surface area contributed by atoms with Crippen LogP contribution in [0.5, 0.6) is 0 Å². The van der Waals surface area contributed by atoms with Gasteiger partial charge in [-0.05, 0) is 24.6 Å². The van der Waals surface area contributed by atoms with E-state index in [1.165, 1.54) is 18.2 Å². The number of carbonyl (C=O) groups is 1. The lowest BCUT2D eigenvalue weighted by atomic mass is 10.1. The standard InChI is InChI=1S/C14H12ClN3O3/c1-8-4-2-6-10(15)13(8)17-14(19)9-5-3-7-11(12(9)16)18(20)21/h2-7H,16H2,1H3,(H,17,19). The van der Waals surface area contributed by atoms with Crippen molar-refractivity contribution in [2.75, 3.05) is 11.1 Å². The van der Waals surface area contributed by atoms with Gasteiger partial charge in [0.05, 0.1) is 21.2 Å². The van der Waals surface area contributed by atoms with E-state index in [0.29, 0.717) is 10.7 Å². The normalized spacial score (nSPS) is 10.2. The molecule has 0 heterocycles. The number of nitrogens with one attached hydrogen (secondary N) is 1. The maximum Gasteiger partial charge on any atom is 0.292 e. The van der Waals surface area contributed by atoms with Gasteiger partial charge in [-0.2, -0.15) is 0 Å². The largest absolute Gasteiger partial charge is 0.393 e. The molecule has 0 aliphatic rings. The van der Waals surface area contributed by atoms with Crippen LogP contribution in [0.25, 0.3) is 0 Å². The summed E-state index contributed by atoms with van der Waals surface area (Å²) in [6, 6.07) is 9.26. The fraction of sp³-hybridized carbons (Fsp3) is 0.0714. The zero-order valence-corrected chi connectivity index (χ0v) is 11.8. The molecule has 0 aliphatic heterocycles. The molecule has 0 fully saturated rings. The van der Waals surface area contributed by atoms with Crippen molar-refractivity contribution in [2.45, 2.75) is 6.92 Å². The molecule has 2 aromatic rings. The Morgan fingerprint density at radius 3 is 2.57 bits per heavy atom. The van der Waals surface area contributed by atoms with Gasteiger partial charge in [-0.3, -0.25) is 14.9 Å². The van der Waals surface area contributed by atoms with E-state index < -0.39 is 10.8 Å². The molecule has 1 amide bonds. The maximum atomic E-state index is 12.2. The molecule has 0 unspecified atom stereocenters. The summed E-state index contributed by atoms with van der Waals surface area (Å²) in [5, 5.41) is 13.8. The summed E-state index contributed by atoms with van der Waals surface area (Å²) in [7, 11) is 0. The minimum absolute atomic E-state index is 0.0310. The second-order valence-electron chi connectivity index (χ2n) is 4.38. The number of aryl methyl sites for hydroxylation is 1. The molecule has 0 atom stereocenters. The molecule has 3 N–H and O–H groups in total. The lowest BCUT2D eigenvalue weighted by molar-refractivity contribution is -0.383. The van der Waals surface area contributed by atoms with Crippen molar-refractivity contribution >= 4 is 34.6 Å². The molecule has 0 aliphatic carbocycles. The Labute approximate surface area is 125 Å². The number of nitrogen functional groups attached to an aromatic ring is 1. The highest BCUT2D eigenvalue weighted by atomic mass is 35.5. The number of para-hydroxylation sites is 2. The molecule has 0 spiro atoms. The first-order valence-electron chi connectivity index (χ1n) is 6.01. The number of anilines is 2. The Morgan fingerprint density at radius 1 is 1.29 bits per heavy atom. The quantitative estimate of drug-likeness (QED) is 0.516. The topological polar surface area (TPSA) is 98.3 Å². The molecule has 0 saturated heterocycles. The third kappa shape index (κ3) is 2.95. The van der Waals surface area contributed by atoms with Crippen molar-refractivity contribution in [3.63, 3.8) is 0 Å². The first-order valence-corrected chi connectivity index (χ1v) is 6.39. The fourth-order valence-electron chi connectivity index (χ4n) is 1.88. The van der Waals surface area contributed by atoms with Gasteiger partial charge < -0.3 is 11.1 Å². The van der Waals surface area contributed by atoms with Crippen LogP contribution >= 0.6 is 11.6 Å². The molecular weight excluding hydrogens is 294 g/mol. The number of nitro benzene ring substituents is 1. The first-order chi connectivity index (χ1) is 9.91. The highest BCUT2D eigenvalue weighted by Crippen LogP contribution is 2.28. The van der Waals surface area contributed by atoms with Crippen LogP contribution < -0.4 is 11.1 Å². The fourth-order valence-corrected chi connectivity index (χ4v) is 2.15. The lowest BCUT2D eigenvalue weighted by Crippen LogP contribution is -2.15. The van der Waals surface area contributed by atoms with Gasteiger partial charge in [0.1, 0.15) is 5.69 Å². The van der Waals surface area contributed by atoms with Crippen molar-refractivity contribution in [1.29, 1.82) is 0 Å². The van der Waals surface area contributed by atoms with Gasteiger partial charge in [-0.1, -0.05) is 29.8 Å². The van der Waals surface area contributed by atoms with Crippen LogP contribution in [-0.4, -0.2) is 10.8 Å². The third-order valence-corrected chi connectivity index (χ3v) is 3.30. The van der Waals surface area contributed by atoms with E-state index in [1.807, 2.05) is 0 Å². The predicted octanol–water partition coefficient (Wildman–Crippen LogP) is 3.39. The van der Waals surface area contributed by atoms with E-state index in [4.69, 9.17) is 17.3 Å². The number of hydrogen-bond acceptors (Lipinski definition) is 4. The van der Waals surface area contributed by atoms with Crippen LogP contribution in [0, 0.1) is 17.0 Å². The molecule has 7 heteroatoms. The molecule has 0 aromatic heterocycles. The van der Waals surface area contributed by atoms with Gasteiger partial charge >= 0.3 is 0 Å². The molecule has 6 nitrogen and oxygen atoms in total. The summed E-state index contributed by atoms with van der Waals surface area (Å²) < 4.78 is 0. The number of halogens is 1. The average molecular weight is 306 g/mol. The number of carbonyl (C=O) groups excluding carboxylic acids is 1. The van der Waals surface area contributed by atoms with E-state index in [9.17, 15) is 14.9 Å². The minimum Gasteiger partial charge on any atom is -0.393 e. The van der Waals surface area contributed by atoms with Gasteiger partial charge in [0.15, 0.2) is 0 Å².